The molecule has 0 atom stereocenters. The first-order valence-corrected chi connectivity index (χ1v) is 8.33. The van der Waals surface area contributed by atoms with Crippen molar-refractivity contribution in [3.05, 3.63) is 65.2 Å². The number of benzene rings is 2. The number of hydrogen-bond acceptors (Lipinski definition) is 3. The summed E-state index contributed by atoms with van der Waals surface area (Å²) in [5.74, 6) is 3.40. The van der Waals surface area contributed by atoms with Crippen molar-refractivity contribution in [2.45, 2.75) is 13.5 Å². The molecule has 4 heteroatoms. The Bertz CT molecular complexity index is 782. The van der Waals surface area contributed by atoms with E-state index >= 15 is 0 Å². The van der Waals surface area contributed by atoms with Gasteiger partial charge in [-0.15, -0.1) is 0 Å². The van der Waals surface area contributed by atoms with Crippen molar-refractivity contribution in [2.24, 2.45) is 0 Å². The summed E-state index contributed by atoms with van der Waals surface area (Å²) in [6.07, 6.45) is 1.09. The molecule has 0 fully saturated rings. The maximum absolute atomic E-state index is 11.0. The van der Waals surface area contributed by atoms with Crippen LogP contribution in [0.4, 0.5) is 0 Å². The van der Waals surface area contributed by atoms with Crippen molar-refractivity contribution in [1.82, 2.24) is 0 Å². The molecule has 0 heterocycles. The average molecular weight is 300 g/mol. The second-order valence-corrected chi connectivity index (χ2v) is 6.50. The molecule has 0 saturated heterocycles. The lowest BCUT2D eigenvalue weighted by molar-refractivity contribution is 0.306. The number of aryl methyl sites for hydroxylation is 1. The Labute approximate surface area is 125 Å². The molecule has 21 heavy (non-hydrogen) atoms. The molecule has 0 spiro atoms. The molecular weight excluding hydrogens is 284 g/mol. The van der Waals surface area contributed by atoms with Crippen LogP contribution < -0.4 is 4.74 Å². The van der Waals surface area contributed by atoms with Crippen molar-refractivity contribution < 1.29 is 13.2 Å². The summed E-state index contributed by atoms with van der Waals surface area (Å²) in [5, 5.41) is 2.24. The molecule has 0 aliphatic heterocycles. The smallest absolute Gasteiger partial charge is 0.214 e. The van der Waals surface area contributed by atoms with E-state index in [4.69, 9.17) is 4.74 Å². The molecule has 0 unspecified atom stereocenters. The first kappa shape index (κ1) is 15.1. The van der Waals surface area contributed by atoms with Gasteiger partial charge in [-0.1, -0.05) is 30.3 Å². The summed E-state index contributed by atoms with van der Waals surface area (Å²) >= 11 is 0. The van der Waals surface area contributed by atoms with E-state index in [1.807, 2.05) is 43.3 Å². The Balaban J connectivity index is 2.10. The van der Waals surface area contributed by atoms with Crippen LogP contribution in [0.25, 0.3) is 0 Å². The maximum Gasteiger partial charge on any atom is 0.214 e. The van der Waals surface area contributed by atoms with E-state index in [2.05, 4.69) is 11.2 Å². The van der Waals surface area contributed by atoms with Gasteiger partial charge in [0, 0.05) is 10.8 Å². The Kier molecular flexibility index (Phi) is 4.66. The van der Waals surface area contributed by atoms with Gasteiger partial charge in [0.25, 0.3) is 0 Å². The summed E-state index contributed by atoms with van der Waals surface area (Å²) in [7, 11) is -3.29. The molecule has 0 aliphatic carbocycles. The highest BCUT2D eigenvalue weighted by Crippen LogP contribution is 2.18. The van der Waals surface area contributed by atoms with Gasteiger partial charge in [0.2, 0.25) is 9.84 Å². The highest BCUT2D eigenvalue weighted by molar-refractivity contribution is 7.95. The van der Waals surface area contributed by atoms with Crippen LogP contribution in [0.3, 0.4) is 0 Å². The van der Waals surface area contributed by atoms with Gasteiger partial charge in [0.1, 0.15) is 12.4 Å². The minimum Gasteiger partial charge on any atom is -0.489 e. The van der Waals surface area contributed by atoms with Crippen LogP contribution in [0, 0.1) is 18.1 Å². The van der Waals surface area contributed by atoms with Crippen LogP contribution in [0.5, 0.6) is 5.75 Å². The van der Waals surface area contributed by atoms with Gasteiger partial charge in [-0.25, -0.2) is 8.42 Å². The van der Waals surface area contributed by atoms with E-state index in [-0.39, 0.29) is 0 Å². The van der Waals surface area contributed by atoms with Gasteiger partial charge in [-0.2, -0.15) is 0 Å². The van der Waals surface area contributed by atoms with Gasteiger partial charge in [-0.3, -0.25) is 0 Å². The minimum atomic E-state index is -3.29. The molecule has 3 nitrogen and oxygen atoms in total. The predicted molar refractivity (Wildman–Crippen MR) is 83.7 cm³/mol. The van der Waals surface area contributed by atoms with Crippen LogP contribution in [0.2, 0.25) is 0 Å². The molecule has 0 amide bonds. The van der Waals surface area contributed by atoms with Gasteiger partial charge in [0.15, 0.2) is 0 Å². The lowest BCUT2D eigenvalue weighted by Gasteiger charge is -2.08. The average Bonchev–Trinajstić information content (AvgIpc) is 2.44. The van der Waals surface area contributed by atoms with Gasteiger partial charge >= 0.3 is 0 Å². The van der Waals surface area contributed by atoms with Crippen molar-refractivity contribution in [2.75, 3.05) is 6.26 Å². The second-order valence-electron chi connectivity index (χ2n) is 4.75. The number of rotatable bonds is 3. The zero-order valence-corrected chi connectivity index (χ0v) is 12.8. The molecular formula is C17H16O3S. The quantitative estimate of drug-likeness (QED) is 0.819. The first-order chi connectivity index (χ1) is 9.94. The summed E-state index contributed by atoms with van der Waals surface area (Å²) in [6, 6.07) is 15.3. The summed E-state index contributed by atoms with van der Waals surface area (Å²) < 4.78 is 27.8. The monoisotopic (exact) mass is 300 g/mol. The standard InChI is InChI=1S/C17H16O3S/c1-14-12-17(20-13-15-6-4-3-5-7-15)9-8-16(14)10-11-21(2,18)19/h3-9,12H,13H2,1-2H3. The van der Waals surface area contributed by atoms with Gasteiger partial charge in [0.05, 0.1) is 6.26 Å². The van der Waals surface area contributed by atoms with Crippen LogP contribution in [0.15, 0.2) is 48.5 Å². The van der Waals surface area contributed by atoms with Crippen molar-refractivity contribution >= 4 is 9.84 Å². The summed E-state index contributed by atoms with van der Waals surface area (Å²) in [4.78, 5) is 0. The number of hydrogen-bond donors (Lipinski definition) is 0. The third-order valence-corrected chi connectivity index (χ3v) is 3.29. The lowest BCUT2D eigenvalue weighted by atomic mass is 10.1. The Hall–Kier alpha value is -2.25. The third-order valence-electron chi connectivity index (χ3n) is 2.82. The molecule has 2 aromatic carbocycles. The van der Waals surface area contributed by atoms with E-state index in [0.29, 0.717) is 12.2 Å². The summed E-state index contributed by atoms with van der Waals surface area (Å²) in [5.41, 5.74) is 2.67. The van der Waals surface area contributed by atoms with Crippen molar-refractivity contribution in [1.29, 1.82) is 0 Å². The van der Waals surface area contributed by atoms with Crippen LogP contribution in [-0.2, 0) is 16.4 Å². The zero-order valence-electron chi connectivity index (χ0n) is 12.0. The maximum atomic E-state index is 11.0. The predicted octanol–water partition coefficient (Wildman–Crippen LogP) is 2.93. The Morgan fingerprint density at radius 1 is 1.10 bits per heavy atom. The lowest BCUT2D eigenvalue weighted by Crippen LogP contribution is -1.96. The molecule has 0 bridgehead atoms. The molecule has 108 valence electrons. The van der Waals surface area contributed by atoms with Crippen LogP contribution in [0.1, 0.15) is 16.7 Å². The number of sulfone groups is 1. The minimum absolute atomic E-state index is 0.495. The van der Waals surface area contributed by atoms with E-state index in [0.717, 1.165) is 23.1 Å². The zero-order chi connectivity index (χ0) is 15.3. The first-order valence-electron chi connectivity index (χ1n) is 6.44. The van der Waals surface area contributed by atoms with Crippen molar-refractivity contribution in [3.8, 4) is 16.9 Å². The molecule has 2 aromatic rings. The van der Waals surface area contributed by atoms with Crippen molar-refractivity contribution in [3.63, 3.8) is 0 Å². The van der Waals surface area contributed by atoms with Gasteiger partial charge < -0.3 is 4.74 Å². The molecule has 0 aliphatic rings. The molecule has 0 aromatic heterocycles. The Morgan fingerprint density at radius 3 is 2.43 bits per heavy atom. The second kappa shape index (κ2) is 6.47. The topological polar surface area (TPSA) is 43.4 Å². The van der Waals surface area contributed by atoms with E-state index < -0.39 is 9.84 Å². The molecule has 0 N–H and O–H groups in total. The SMILES string of the molecule is Cc1cc(OCc2ccccc2)ccc1C#CS(C)(=O)=O. The largest absolute Gasteiger partial charge is 0.489 e. The van der Waals surface area contributed by atoms with Crippen LogP contribution >= 0.6 is 0 Å². The van der Waals surface area contributed by atoms with E-state index in [1.165, 1.54) is 0 Å². The highest BCUT2D eigenvalue weighted by atomic mass is 32.2. The fourth-order valence-corrected chi connectivity index (χ4v) is 2.05. The van der Waals surface area contributed by atoms with E-state index in [9.17, 15) is 8.42 Å². The fraction of sp³-hybridized carbons (Fsp3) is 0.176. The fourth-order valence-electron chi connectivity index (χ4n) is 1.75. The Morgan fingerprint density at radius 2 is 1.81 bits per heavy atom. The molecule has 2 rings (SSSR count). The molecule has 0 saturated carbocycles. The van der Waals surface area contributed by atoms with Gasteiger partial charge in [-0.05, 0) is 42.2 Å². The normalized spacial score (nSPS) is 10.6. The van der Waals surface area contributed by atoms with E-state index in [1.54, 1.807) is 12.1 Å². The highest BCUT2D eigenvalue weighted by Gasteiger charge is 2.01. The third kappa shape index (κ3) is 4.97. The van der Waals surface area contributed by atoms with Crippen LogP contribution in [-0.4, -0.2) is 14.7 Å². The number of ether oxygens (including phenoxy) is 1. The summed E-state index contributed by atoms with van der Waals surface area (Å²) in [6.45, 7) is 2.37. The molecule has 0 radical (unpaired) electrons.